The molecule has 4 rings (SSSR count). The van der Waals surface area contributed by atoms with Gasteiger partial charge in [0.1, 0.15) is 5.82 Å². The standard InChI is InChI=1S/C28H32FN5O3/c1-17(2)10-11-23(36)34-15-20-24(21(35)16-34)26(31-19-8-6-5-7-9-19)25(32-20)18-12-13-30-22(14-18)33-27(37)28(3,4)29/h5-9,12-14,17,31-32H,10-11,15-16H2,1-4H3,(H,30,33,37). The Morgan fingerprint density at radius 3 is 2.57 bits per heavy atom. The third-order valence-corrected chi connectivity index (χ3v) is 6.20. The van der Waals surface area contributed by atoms with Gasteiger partial charge in [-0.1, -0.05) is 32.0 Å². The van der Waals surface area contributed by atoms with Crippen molar-refractivity contribution in [1.29, 1.82) is 0 Å². The molecule has 0 fully saturated rings. The number of carbonyl (C=O) groups is 3. The third-order valence-electron chi connectivity index (χ3n) is 6.20. The maximum absolute atomic E-state index is 14.1. The second-order valence-electron chi connectivity index (χ2n) is 10.2. The van der Waals surface area contributed by atoms with Gasteiger partial charge in [-0.25, -0.2) is 9.37 Å². The lowest BCUT2D eigenvalue weighted by Gasteiger charge is -2.27. The number of para-hydroxylation sites is 1. The summed E-state index contributed by atoms with van der Waals surface area (Å²) in [5, 5.41) is 5.85. The first kappa shape index (κ1) is 26.1. The molecule has 3 aromatic rings. The van der Waals surface area contributed by atoms with Crippen LogP contribution in [0.4, 0.5) is 21.6 Å². The van der Waals surface area contributed by atoms with E-state index < -0.39 is 11.6 Å². The van der Waals surface area contributed by atoms with Gasteiger partial charge in [0.05, 0.1) is 30.0 Å². The van der Waals surface area contributed by atoms with Gasteiger partial charge in [0.15, 0.2) is 11.5 Å². The summed E-state index contributed by atoms with van der Waals surface area (Å²) < 4.78 is 14.1. The Morgan fingerprint density at radius 2 is 1.89 bits per heavy atom. The van der Waals surface area contributed by atoms with Crippen molar-refractivity contribution in [3.8, 4) is 11.3 Å². The molecule has 3 heterocycles. The Kier molecular flexibility index (Phi) is 7.42. The predicted molar refractivity (Wildman–Crippen MR) is 141 cm³/mol. The topological polar surface area (TPSA) is 107 Å². The van der Waals surface area contributed by atoms with E-state index in [1.54, 1.807) is 17.0 Å². The molecule has 3 N–H and O–H groups in total. The van der Waals surface area contributed by atoms with Gasteiger partial charge in [0.25, 0.3) is 5.91 Å². The van der Waals surface area contributed by atoms with Gasteiger partial charge >= 0.3 is 0 Å². The Hall–Kier alpha value is -4.01. The number of pyridine rings is 1. The molecule has 0 aliphatic carbocycles. The molecule has 2 amide bonds. The van der Waals surface area contributed by atoms with Crippen molar-refractivity contribution in [1.82, 2.24) is 14.9 Å². The molecule has 9 heteroatoms. The van der Waals surface area contributed by atoms with E-state index in [1.165, 1.54) is 20.0 Å². The number of nitrogens with one attached hydrogen (secondary N) is 3. The first-order chi connectivity index (χ1) is 17.5. The highest BCUT2D eigenvalue weighted by Gasteiger charge is 2.33. The number of benzene rings is 1. The summed E-state index contributed by atoms with van der Waals surface area (Å²) in [5.41, 5.74) is 1.68. The summed E-state index contributed by atoms with van der Waals surface area (Å²) in [7, 11) is 0. The number of hydrogen-bond donors (Lipinski definition) is 3. The molecule has 1 aliphatic heterocycles. The molecule has 0 atom stereocenters. The van der Waals surface area contributed by atoms with E-state index in [9.17, 15) is 18.8 Å². The molecular weight excluding hydrogens is 473 g/mol. The molecule has 0 spiro atoms. The lowest BCUT2D eigenvalue weighted by molar-refractivity contribution is -0.131. The molecular formula is C28H32FN5O3. The first-order valence-corrected chi connectivity index (χ1v) is 12.4. The molecule has 0 saturated heterocycles. The van der Waals surface area contributed by atoms with Crippen molar-refractivity contribution in [2.45, 2.75) is 52.8 Å². The van der Waals surface area contributed by atoms with Gasteiger partial charge in [-0.2, -0.15) is 0 Å². The number of halogens is 1. The highest BCUT2D eigenvalue weighted by atomic mass is 19.1. The predicted octanol–water partition coefficient (Wildman–Crippen LogP) is 5.47. The number of fused-ring (bicyclic) bond motifs is 1. The maximum atomic E-state index is 14.1. The fourth-order valence-electron chi connectivity index (χ4n) is 4.15. The van der Waals surface area contributed by atoms with Crippen molar-refractivity contribution >= 4 is 34.8 Å². The minimum Gasteiger partial charge on any atom is -0.355 e. The van der Waals surface area contributed by atoms with Crippen molar-refractivity contribution in [3.05, 3.63) is 59.9 Å². The van der Waals surface area contributed by atoms with Crippen molar-refractivity contribution in [2.75, 3.05) is 17.2 Å². The number of amides is 2. The molecule has 0 radical (unpaired) electrons. The lowest BCUT2D eigenvalue weighted by Crippen LogP contribution is -2.39. The van der Waals surface area contributed by atoms with Gasteiger partial charge in [0, 0.05) is 29.6 Å². The minimum absolute atomic E-state index is 0.00786. The van der Waals surface area contributed by atoms with Crippen LogP contribution in [0.2, 0.25) is 0 Å². The highest BCUT2D eigenvalue weighted by Crippen LogP contribution is 2.38. The summed E-state index contributed by atoms with van der Waals surface area (Å²) in [6.07, 6.45) is 2.65. The first-order valence-electron chi connectivity index (χ1n) is 12.4. The second-order valence-corrected chi connectivity index (χ2v) is 10.2. The number of Topliss-reactive ketones (excluding diaryl/α,β-unsaturated/α-hetero) is 1. The zero-order valence-electron chi connectivity index (χ0n) is 21.5. The molecule has 0 unspecified atom stereocenters. The van der Waals surface area contributed by atoms with Crippen molar-refractivity contribution in [2.24, 2.45) is 5.92 Å². The largest absolute Gasteiger partial charge is 0.355 e. The maximum Gasteiger partial charge on any atom is 0.262 e. The summed E-state index contributed by atoms with van der Waals surface area (Å²) in [5.74, 6) is -0.450. The van der Waals surface area contributed by atoms with E-state index in [-0.39, 0.29) is 30.6 Å². The van der Waals surface area contributed by atoms with Crippen LogP contribution in [-0.4, -0.2) is 44.7 Å². The zero-order chi connectivity index (χ0) is 26.7. The molecule has 194 valence electrons. The summed E-state index contributed by atoms with van der Waals surface area (Å²) in [6, 6.07) is 12.8. The third kappa shape index (κ3) is 6.04. The number of nitrogens with zero attached hydrogens (tertiary/aromatic N) is 2. The van der Waals surface area contributed by atoms with E-state index in [2.05, 4.69) is 34.4 Å². The Morgan fingerprint density at radius 1 is 1.16 bits per heavy atom. The van der Waals surface area contributed by atoms with E-state index in [0.29, 0.717) is 40.5 Å². The second kappa shape index (κ2) is 10.5. The van der Waals surface area contributed by atoms with Crippen LogP contribution in [0.25, 0.3) is 11.3 Å². The van der Waals surface area contributed by atoms with Crippen LogP contribution in [0.15, 0.2) is 48.7 Å². The minimum atomic E-state index is -2.07. The molecule has 1 aliphatic rings. The van der Waals surface area contributed by atoms with Crippen molar-refractivity contribution in [3.63, 3.8) is 0 Å². The average Bonchev–Trinajstić information content (AvgIpc) is 3.21. The average molecular weight is 506 g/mol. The smallest absolute Gasteiger partial charge is 0.262 e. The van der Waals surface area contributed by atoms with Crippen LogP contribution in [0.3, 0.4) is 0 Å². The molecule has 0 saturated carbocycles. The van der Waals surface area contributed by atoms with Crippen LogP contribution in [0, 0.1) is 5.92 Å². The lowest BCUT2D eigenvalue weighted by atomic mass is 10.0. The quantitative estimate of drug-likeness (QED) is 0.376. The SMILES string of the molecule is CC(C)CCC(=O)N1CC(=O)c2c([nH]c(-c3ccnc(NC(=O)C(C)(C)F)c3)c2Nc2ccccc2)C1. The van der Waals surface area contributed by atoms with Crippen LogP contribution in [-0.2, 0) is 16.1 Å². The summed E-state index contributed by atoms with van der Waals surface area (Å²) >= 11 is 0. The van der Waals surface area contributed by atoms with E-state index in [1.807, 2.05) is 30.3 Å². The summed E-state index contributed by atoms with van der Waals surface area (Å²) in [4.78, 5) is 47.4. The monoisotopic (exact) mass is 505 g/mol. The Labute approximate surface area is 215 Å². The van der Waals surface area contributed by atoms with Gasteiger partial charge in [0.2, 0.25) is 5.91 Å². The zero-order valence-corrected chi connectivity index (χ0v) is 21.5. The number of anilines is 3. The number of aromatic nitrogens is 2. The number of rotatable bonds is 8. The summed E-state index contributed by atoms with van der Waals surface area (Å²) in [6.45, 7) is 6.76. The van der Waals surface area contributed by atoms with Crippen LogP contribution < -0.4 is 10.6 Å². The Bertz CT molecular complexity index is 1310. The molecule has 0 bridgehead atoms. The number of hydrogen-bond acceptors (Lipinski definition) is 5. The number of aromatic amines is 1. The van der Waals surface area contributed by atoms with Crippen molar-refractivity contribution < 1.29 is 18.8 Å². The highest BCUT2D eigenvalue weighted by molar-refractivity contribution is 6.09. The van der Waals surface area contributed by atoms with Gasteiger partial charge in [-0.15, -0.1) is 0 Å². The van der Waals surface area contributed by atoms with Gasteiger partial charge in [-0.3, -0.25) is 14.4 Å². The number of carbonyl (C=O) groups excluding carboxylic acids is 3. The Balaban J connectivity index is 1.72. The van der Waals surface area contributed by atoms with Gasteiger partial charge in [-0.05, 0) is 50.5 Å². The van der Waals surface area contributed by atoms with Crippen LogP contribution in [0.1, 0.15) is 56.6 Å². The molecule has 1 aromatic carbocycles. The fraction of sp³-hybridized carbons (Fsp3) is 0.357. The molecule has 37 heavy (non-hydrogen) atoms. The van der Waals surface area contributed by atoms with E-state index in [4.69, 9.17) is 0 Å². The number of ketones is 1. The normalized spacial score (nSPS) is 13.5. The fourth-order valence-corrected chi connectivity index (χ4v) is 4.15. The number of H-pyrrole nitrogens is 1. The van der Waals surface area contributed by atoms with Crippen LogP contribution in [0.5, 0.6) is 0 Å². The van der Waals surface area contributed by atoms with Gasteiger partial charge < -0.3 is 20.5 Å². The molecule has 2 aromatic heterocycles. The van der Waals surface area contributed by atoms with Crippen LogP contribution >= 0.6 is 0 Å². The number of alkyl halides is 1. The molecule has 8 nitrogen and oxygen atoms in total. The van der Waals surface area contributed by atoms with E-state index in [0.717, 1.165) is 12.1 Å². The van der Waals surface area contributed by atoms with E-state index >= 15 is 0 Å².